The van der Waals surface area contributed by atoms with Crippen LogP contribution in [-0.2, 0) is 4.74 Å². The summed E-state index contributed by atoms with van der Waals surface area (Å²) in [6.45, 7) is 11.4. The lowest BCUT2D eigenvalue weighted by Crippen LogP contribution is -2.43. The number of nitrogens with one attached hydrogen (secondary N) is 1. The molecule has 0 aliphatic rings. The fourth-order valence-corrected chi connectivity index (χ4v) is 2.03. The van der Waals surface area contributed by atoms with Crippen molar-refractivity contribution in [2.24, 2.45) is 11.8 Å². The van der Waals surface area contributed by atoms with Gasteiger partial charge in [-0.3, -0.25) is 0 Å². The minimum Gasteiger partial charge on any atom is -0.389 e. The van der Waals surface area contributed by atoms with Crippen LogP contribution in [0.3, 0.4) is 0 Å². The fourth-order valence-electron chi connectivity index (χ4n) is 2.03. The van der Waals surface area contributed by atoms with E-state index < -0.39 is 6.10 Å². The molecule has 0 aromatic heterocycles. The second kappa shape index (κ2) is 10.6. The van der Waals surface area contributed by atoms with Crippen LogP contribution in [0, 0.1) is 11.8 Å². The first-order valence-electron chi connectivity index (χ1n) is 7.45. The molecular formula is C15H34N2O2. The maximum atomic E-state index is 9.88. The lowest BCUT2D eigenvalue weighted by Gasteiger charge is -2.25. The highest BCUT2D eigenvalue weighted by Gasteiger charge is 2.13. The summed E-state index contributed by atoms with van der Waals surface area (Å²) in [5, 5.41) is 13.3. The highest BCUT2D eigenvalue weighted by molar-refractivity contribution is 4.73. The molecule has 4 heteroatoms. The molecular weight excluding hydrogens is 240 g/mol. The van der Waals surface area contributed by atoms with Gasteiger partial charge in [-0.25, -0.2) is 0 Å². The zero-order valence-electron chi connectivity index (χ0n) is 13.6. The molecule has 0 aromatic carbocycles. The Morgan fingerprint density at radius 1 is 1.05 bits per heavy atom. The van der Waals surface area contributed by atoms with Gasteiger partial charge in [-0.15, -0.1) is 0 Å². The minimum absolute atomic E-state index is 0.418. The summed E-state index contributed by atoms with van der Waals surface area (Å²) in [7, 11) is 4.16. The van der Waals surface area contributed by atoms with Crippen molar-refractivity contribution in [1.82, 2.24) is 10.2 Å². The maximum absolute atomic E-state index is 9.88. The van der Waals surface area contributed by atoms with Crippen LogP contribution in [-0.4, -0.2) is 62.6 Å². The Morgan fingerprint density at radius 2 is 1.68 bits per heavy atom. The molecule has 0 rings (SSSR count). The molecule has 0 aromatic rings. The van der Waals surface area contributed by atoms with Gasteiger partial charge in [0.1, 0.15) is 0 Å². The van der Waals surface area contributed by atoms with Crippen LogP contribution in [0.1, 0.15) is 34.1 Å². The number of hydrogen-bond acceptors (Lipinski definition) is 4. The molecule has 0 saturated carbocycles. The Morgan fingerprint density at radius 3 is 2.16 bits per heavy atom. The number of hydrogen-bond donors (Lipinski definition) is 2. The van der Waals surface area contributed by atoms with Crippen LogP contribution in [0.25, 0.3) is 0 Å². The van der Waals surface area contributed by atoms with Crippen molar-refractivity contribution in [2.75, 3.05) is 40.4 Å². The summed E-state index contributed by atoms with van der Waals surface area (Å²) in [6.07, 6.45) is 0.702. The molecule has 0 amide bonds. The fraction of sp³-hybridized carbons (Fsp3) is 1.00. The summed E-state index contributed by atoms with van der Waals surface area (Å²) in [5.41, 5.74) is 0. The van der Waals surface area contributed by atoms with Gasteiger partial charge < -0.3 is 20.1 Å². The highest BCUT2D eigenvalue weighted by atomic mass is 16.5. The number of nitrogens with zero attached hydrogens (tertiary/aromatic N) is 1. The molecule has 0 heterocycles. The first kappa shape index (κ1) is 18.8. The highest BCUT2D eigenvalue weighted by Crippen LogP contribution is 2.05. The Labute approximate surface area is 119 Å². The van der Waals surface area contributed by atoms with E-state index in [9.17, 15) is 5.11 Å². The van der Waals surface area contributed by atoms with Gasteiger partial charge in [0.15, 0.2) is 0 Å². The van der Waals surface area contributed by atoms with Gasteiger partial charge in [-0.2, -0.15) is 0 Å². The van der Waals surface area contributed by atoms with Gasteiger partial charge >= 0.3 is 0 Å². The molecule has 0 fully saturated rings. The van der Waals surface area contributed by atoms with Crippen molar-refractivity contribution < 1.29 is 9.84 Å². The molecule has 0 saturated heterocycles. The molecule has 0 aliphatic carbocycles. The van der Waals surface area contributed by atoms with Crippen molar-refractivity contribution in [1.29, 1.82) is 0 Å². The minimum atomic E-state index is -0.421. The number of aliphatic hydroxyl groups excluding tert-OH is 1. The van der Waals surface area contributed by atoms with E-state index in [2.05, 4.69) is 52.0 Å². The number of likely N-dealkylation sites (N-methyl/N-ethyl adjacent to an activating group) is 1. The smallest absolute Gasteiger partial charge is 0.0897 e. The Hall–Kier alpha value is -0.160. The van der Waals surface area contributed by atoms with Crippen molar-refractivity contribution >= 4 is 0 Å². The quantitative estimate of drug-likeness (QED) is 0.600. The second-order valence-electron chi connectivity index (χ2n) is 6.58. The number of aliphatic hydroxyl groups is 1. The third-order valence-corrected chi connectivity index (χ3v) is 2.75. The summed E-state index contributed by atoms with van der Waals surface area (Å²) in [4.78, 5) is 2.18. The van der Waals surface area contributed by atoms with Crippen LogP contribution in [0.4, 0.5) is 0 Å². The average Bonchev–Trinajstić information content (AvgIpc) is 2.23. The first-order valence-corrected chi connectivity index (χ1v) is 7.45. The normalized spacial score (nSPS) is 15.5. The van der Waals surface area contributed by atoms with Crippen LogP contribution in [0.15, 0.2) is 0 Å². The van der Waals surface area contributed by atoms with E-state index >= 15 is 0 Å². The van der Waals surface area contributed by atoms with Crippen LogP contribution in [0.2, 0.25) is 0 Å². The zero-order valence-corrected chi connectivity index (χ0v) is 13.6. The van der Waals surface area contributed by atoms with Crippen LogP contribution < -0.4 is 5.32 Å². The molecule has 2 atom stereocenters. The number of rotatable bonds is 11. The molecule has 0 spiro atoms. The summed E-state index contributed by atoms with van der Waals surface area (Å²) in [5.74, 6) is 1.18. The maximum Gasteiger partial charge on any atom is 0.0897 e. The van der Waals surface area contributed by atoms with Crippen LogP contribution >= 0.6 is 0 Å². The third kappa shape index (κ3) is 12.6. The average molecular weight is 274 g/mol. The van der Waals surface area contributed by atoms with Gasteiger partial charge in [0, 0.05) is 25.7 Å². The van der Waals surface area contributed by atoms with E-state index in [1.165, 1.54) is 0 Å². The summed E-state index contributed by atoms with van der Waals surface area (Å²) < 4.78 is 5.45. The van der Waals surface area contributed by atoms with Crippen molar-refractivity contribution in [3.05, 3.63) is 0 Å². The first-order chi connectivity index (χ1) is 8.81. The van der Waals surface area contributed by atoms with E-state index in [1.54, 1.807) is 0 Å². The summed E-state index contributed by atoms with van der Waals surface area (Å²) >= 11 is 0. The Balaban J connectivity index is 3.88. The van der Waals surface area contributed by atoms with Crippen molar-refractivity contribution in [3.8, 4) is 0 Å². The van der Waals surface area contributed by atoms with E-state index in [0.29, 0.717) is 37.6 Å². The largest absolute Gasteiger partial charge is 0.389 e. The molecule has 4 nitrogen and oxygen atoms in total. The topological polar surface area (TPSA) is 44.7 Å². The SMILES string of the molecule is CC(C)COCC(O)CNC(CC(C)C)CN(C)C. The summed E-state index contributed by atoms with van der Waals surface area (Å²) in [6, 6.07) is 0.426. The third-order valence-electron chi connectivity index (χ3n) is 2.75. The molecule has 0 aliphatic heterocycles. The van der Waals surface area contributed by atoms with Gasteiger partial charge in [0.2, 0.25) is 0 Å². The van der Waals surface area contributed by atoms with E-state index in [-0.39, 0.29) is 0 Å². The van der Waals surface area contributed by atoms with Gasteiger partial charge in [0.05, 0.1) is 12.7 Å². The van der Waals surface area contributed by atoms with E-state index in [0.717, 1.165) is 13.0 Å². The van der Waals surface area contributed by atoms with Gasteiger partial charge in [-0.1, -0.05) is 27.7 Å². The predicted molar refractivity (Wildman–Crippen MR) is 81.5 cm³/mol. The molecule has 0 bridgehead atoms. The van der Waals surface area contributed by atoms with Gasteiger partial charge in [0.25, 0.3) is 0 Å². The molecule has 2 N–H and O–H groups in total. The molecule has 2 unspecified atom stereocenters. The Kier molecular flexibility index (Phi) is 10.5. The van der Waals surface area contributed by atoms with Gasteiger partial charge in [-0.05, 0) is 32.4 Å². The molecule has 116 valence electrons. The lowest BCUT2D eigenvalue weighted by molar-refractivity contribution is 0.0243. The van der Waals surface area contributed by atoms with Crippen molar-refractivity contribution in [3.63, 3.8) is 0 Å². The Bertz CT molecular complexity index is 198. The molecule has 19 heavy (non-hydrogen) atoms. The zero-order chi connectivity index (χ0) is 14.8. The standard InChI is InChI=1S/C15H34N2O2/c1-12(2)7-14(9-17(5)6)16-8-15(18)11-19-10-13(3)4/h12-16,18H,7-11H2,1-6H3. The van der Waals surface area contributed by atoms with E-state index in [1.807, 2.05) is 0 Å². The number of ether oxygens (including phenoxy) is 1. The predicted octanol–water partition coefficient (Wildman–Crippen LogP) is 1.59. The van der Waals surface area contributed by atoms with E-state index in [4.69, 9.17) is 4.74 Å². The second-order valence-corrected chi connectivity index (χ2v) is 6.58. The molecule has 0 radical (unpaired) electrons. The lowest BCUT2D eigenvalue weighted by atomic mass is 10.0. The monoisotopic (exact) mass is 274 g/mol. The van der Waals surface area contributed by atoms with Crippen molar-refractivity contribution in [2.45, 2.75) is 46.3 Å². The van der Waals surface area contributed by atoms with Crippen LogP contribution in [0.5, 0.6) is 0 Å².